The van der Waals surface area contributed by atoms with E-state index in [1.165, 1.54) is 17.4 Å². The van der Waals surface area contributed by atoms with E-state index >= 15 is 0 Å². The van der Waals surface area contributed by atoms with Crippen LogP contribution in [0, 0.1) is 0 Å². The first kappa shape index (κ1) is 16.8. The van der Waals surface area contributed by atoms with Crippen molar-refractivity contribution in [2.75, 3.05) is 11.9 Å². The van der Waals surface area contributed by atoms with Crippen LogP contribution in [0.1, 0.15) is 24.2 Å². The summed E-state index contributed by atoms with van der Waals surface area (Å²) in [6.07, 6.45) is 1.49. The Morgan fingerprint density at radius 3 is 2.65 bits per heavy atom. The van der Waals surface area contributed by atoms with Crippen LogP contribution in [-0.4, -0.2) is 34.7 Å². The molecule has 8 heteroatoms. The van der Waals surface area contributed by atoms with E-state index in [0.29, 0.717) is 16.4 Å². The van der Waals surface area contributed by atoms with Crippen LogP contribution < -0.4 is 14.8 Å². The molecule has 2 N–H and O–H groups in total. The maximum Gasteiger partial charge on any atom is 0.341 e. The van der Waals surface area contributed by atoms with Crippen molar-refractivity contribution in [2.24, 2.45) is 0 Å². The van der Waals surface area contributed by atoms with E-state index < -0.39 is 12.6 Å². The van der Waals surface area contributed by atoms with Crippen LogP contribution in [0.15, 0.2) is 29.8 Å². The highest BCUT2D eigenvalue weighted by Gasteiger charge is 2.13. The number of rotatable bonds is 7. The topological polar surface area (TPSA) is 97.8 Å². The molecule has 7 nitrogen and oxygen atoms in total. The molecule has 0 bridgehead atoms. The molecule has 2 rings (SSSR count). The highest BCUT2D eigenvalue weighted by atomic mass is 32.1. The zero-order valence-corrected chi connectivity index (χ0v) is 13.4. The number of hydrogen-bond acceptors (Lipinski definition) is 6. The van der Waals surface area contributed by atoms with Gasteiger partial charge < -0.3 is 14.6 Å². The molecule has 0 saturated carbocycles. The summed E-state index contributed by atoms with van der Waals surface area (Å²) in [7, 11) is 0. The smallest absolute Gasteiger partial charge is 0.341 e. The fourth-order valence-corrected chi connectivity index (χ4v) is 2.25. The fraction of sp³-hybridized carbons (Fsp3) is 0.267. The number of nitrogens with zero attached hydrogens (tertiary/aromatic N) is 1. The summed E-state index contributed by atoms with van der Waals surface area (Å²) in [6, 6.07) is 4.57. The van der Waals surface area contributed by atoms with E-state index in [-0.39, 0.29) is 17.8 Å². The highest BCUT2D eigenvalue weighted by molar-refractivity contribution is 7.13. The van der Waals surface area contributed by atoms with Crippen molar-refractivity contribution >= 4 is 28.3 Å². The van der Waals surface area contributed by atoms with Crippen LogP contribution in [0.2, 0.25) is 0 Å². The highest BCUT2D eigenvalue weighted by Crippen LogP contribution is 2.25. The molecule has 0 unspecified atom stereocenters. The Labute approximate surface area is 136 Å². The number of ether oxygens (including phenoxy) is 2. The van der Waals surface area contributed by atoms with Crippen molar-refractivity contribution in [3.8, 4) is 11.5 Å². The predicted octanol–water partition coefficient (Wildman–Crippen LogP) is 2.65. The Bertz CT molecular complexity index is 685. The second-order valence-corrected chi connectivity index (χ2v) is 5.73. The Morgan fingerprint density at radius 1 is 1.30 bits per heavy atom. The second-order valence-electron chi connectivity index (χ2n) is 4.83. The number of hydrogen-bond donors (Lipinski definition) is 2. The molecule has 23 heavy (non-hydrogen) atoms. The molecule has 1 heterocycles. The van der Waals surface area contributed by atoms with Gasteiger partial charge in [0.05, 0.1) is 6.10 Å². The Balaban J connectivity index is 2.23. The van der Waals surface area contributed by atoms with Crippen LogP contribution in [0.25, 0.3) is 0 Å². The molecule has 0 spiro atoms. The number of aromatic nitrogens is 1. The number of carboxylic acids is 1. The zero-order valence-electron chi connectivity index (χ0n) is 12.6. The molecular weight excluding hydrogens is 320 g/mol. The quantitative estimate of drug-likeness (QED) is 0.806. The van der Waals surface area contributed by atoms with Crippen molar-refractivity contribution < 1.29 is 24.2 Å². The molecule has 122 valence electrons. The van der Waals surface area contributed by atoms with Crippen LogP contribution in [-0.2, 0) is 4.79 Å². The molecular formula is C15H16N2O5S. The summed E-state index contributed by atoms with van der Waals surface area (Å²) in [5.41, 5.74) is 0.290. The molecule has 0 aliphatic carbocycles. The minimum atomic E-state index is -1.10. The molecule has 0 saturated heterocycles. The summed E-state index contributed by atoms with van der Waals surface area (Å²) in [6.45, 7) is 3.19. The van der Waals surface area contributed by atoms with Crippen LogP contribution in [0.4, 0.5) is 5.13 Å². The molecule has 0 aliphatic rings. The molecule has 1 aromatic carbocycles. The van der Waals surface area contributed by atoms with E-state index in [1.54, 1.807) is 23.7 Å². The fourth-order valence-electron chi connectivity index (χ4n) is 1.73. The van der Waals surface area contributed by atoms with Crippen molar-refractivity contribution in [3.05, 3.63) is 35.3 Å². The third kappa shape index (κ3) is 5.26. The molecule has 1 aromatic heterocycles. The van der Waals surface area contributed by atoms with E-state index in [2.05, 4.69) is 10.3 Å². The summed E-state index contributed by atoms with van der Waals surface area (Å²) >= 11 is 1.30. The first-order valence-electron chi connectivity index (χ1n) is 6.81. The number of nitrogens with one attached hydrogen (secondary N) is 1. The number of benzene rings is 1. The number of thiazole rings is 1. The van der Waals surface area contributed by atoms with E-state index in [9.17, 15) is 9.59 Å². The van der Waals surface area contributed by atoms with Gasteiger partial charge in [0, 0.05) is 23.2 Å². The van der Waals surface area contributed by atoms with Crippen LogP contribution in [0.3, 0.4) is 0 Å². The molecule has 0 radical (unpaired) electrons. The lowest BCUT2D eigenvalue weighted by molar-refractivity contribution is -0.139. The maximum atomic E-state index is 12.3. The third-order valence-electron chi connectivity index (χ3n) is 2.53. The Morgan fingerprint density at radius 2 is 2.04 bits per heavy atom. The average molecular weight is 336 g/mol. The standard InChI is InChI=1S/C15H16N2O5S/c1-9(2)22-12-6-10(5-11(7-12)21-8-13(18)19)14(20)17-15-16-3-4-23-15/h3-7,9H,8H2,1-2H3,(H,18,19)(H,16,17,20). The number of anilines is 1. The van der Waals surface area contributed by atoms with Crippen molar-refractivity contribution in [1.82, 2.24) is 4.98 Å². The Kier molecular flexibility index (Phi) is 5.53. The normalized spacial score (nSPS) is 10.4. The van der Waals surface area contributed by atoms with Gasteiger partial charge in [-0.15, -0.1) is 11.3 Å². The number of carbonyl (C=O) groups excluding carboxylic acids is 1. The minimum absolute atomic E-state index is 0.0976. The van der Waals surface area contributed by atoms with Crippen molar-refractivity contribution in [1.29, 1.82) is 0 Å². The second kappa shape index (κ2) is 7.59. The van der Waals surface area contributed by atoms with E-state index in [4.69, 9.17) is 14.6 Å². The van der Waals surface area contributed by atoms with Gasteiger partial charge in [-0.2, -0.15) is 0 Å². The lowest BCUT2D eigenvalue weighted by Crippen LogP contribution is -2.14. The summed E-state index contributed by atoms with van der Waals surface area (Å²) in [5, 5.41) is 13.6. The average Bonchev–Trinajstić information content (AvgIpc) is 2.97. The minimum Gasteiger partial charge on any atom is -0.491 e. The molecule has 1 amide bonds. The van der Waals surface area contributed by atoms with Gasteiger partial charge in [-0.1, -0.05) is 0 Å². The van der Waals surface area contributed by atoms with Gasteiger partial charge >= 0.3 is 5.97 Å². The van der Waals surface area contributed by atoms with Gasteiger partial charge in [0.1, 0.15) is 11.5 Å². The Hall–Kier alpha value is -2.61. The maximum absolute atomic E-state index is 12.3. The summed E-state index contributed by atoms with van der Waals surface area (Å²) in [5.74, 6) is -0.815. The largest absolute Gasteiger partial charge is 0.491 e. The molecule has 0 atom stereocenters. The van der Waals surface area contributed by atoms with Crippen LogP contribution >= 0.6 is 11.3 Å². The van der Waals surface area contributed by atoms with Gasteiger partial charge in [0.2, 0.25) is 0 Å². The summed E-state index contributed by atoms with van der Waals surface area (Å²) < 4.78 is 10.7. The number of amides is 1. The zero-order chi connectivity index (χ0) is 16.8. The van der Waals surface area contributed by atoms with Gasteiger partial charge in [0.25, 0.3) is 5.91 Å². The van der Waals surface area contributed by atoms with E-state index in [0.717, 1.165) is 0 Å². The number of carbonyl (C=O) groups is 2. The monoisotopic (exact) mass is 336 g/mol. The lowest BCUT2D eigenvalue weighted by atomic mass is 10.2. The van der Waals surface area contributed by atoms with Crippen molar-refractivity contribution in [3.63, 3.8) is 0 Å². The number of carboxylic acid groups (broad SMARTS) is 1. The van der Waals surface area contributed by atoms with Crippen LogP contribution in [0.5, 0.6) is 11.5 Å². The van der Waals surface area contributed by atoms with Gasteiger partial charge in [-0.05, 0) is 26.0 Å². The SMILES string of the molecule is CC(C)Oc1cc(OCC(=O)O)cc(C(=O)Nc2nccs2)c1. The van der Waals surface area contributed by atoms with Gasteiger partial charge in [-0.25, -0.2) is 9.78 Å². The molecule has 0 fully saturated rings. The van der Waals surface area contributed by atoms with Crippen molar-refractivity contribution in [2.45, 2.75) is 20.0 Å². The first-order valence-corrected chi connectivity index (χ1v) is 7.69. The van der Waals surface area contributed by atoms with E-state index in [1.807, 2.05) is 13.8 Å². The molecule has 0 aliphatic heterocycles. The lowest BCUT2D eigenvalue weighted by Gasteiger charge is -2.13. The predicted molar refractivity (Wildman–Crippen MR) is 85.4 cm³/mol. The van der Waals surface area contributed by atoms with Gasteiger partial charge in [-0.3, -0.25) is 10.1 Å². The van der Waals surface area contributed by atoms with Gasteiger partial charge in [0.15, 0.2) is 11.7 Å². The number of aliphatic carboxylic acids is 1. The summed E-state index contributed by atoms with van der Waals surface area (Å²) in [4.78, 5) is 26.9. The third-order valence-corrected chi connectivity index (χ3v) is 3.22. The molecule has 2 aromatic rings. The first-order chi connectivity index (χ1) is 10.9.